The number of halogens is 2. The largest absolute Gasteiger partial charge is 0.497 e. The fourth-order valence-corrected chi connectivity index (χ4v) is 3.77. The van der Waals surface area contributed by atoms with Crippen molar-refractivity contribution in [2.75, 3.05) is 22.6 Å². The second-order valence-corrected chi connectivity index (χ2v) is 8.27. The number of anilines is 3. The number of hydrogen-bond acceptors (Lipinski definition) is 5. The molecule has 3 aromatic rings. The first-order valence-electron chi connectivity index (χ1n) is 10.2. The molecule has 3 aromatic carbocycles. The fourth-order valence-electron chi connectivity index (χ4n) is 3.37. The Hall–Kier alpha value is -3.81. The lowest BCUT2D eigenvalue weighted by Crippen LogP contribution is -2.32. The SMILES string of the molecule is COc1ccc(NC(=O)c2ccc(C)c(NC3=C(Cl)C(=O)N(c4cccc(Cl)c4)C3=O)c2)cc1. The van der Waals surface area contributed by atoms with E-state index in [0.29, 0.717) is 33.4 Å². The van der Waals surface area contributed by atoms with Crippen molar-refractivity contribution in [2.24, 2.45) is 0 Å². The molecule has 0 spiro atoms. The van der Waals surface area contributed by atoms with E-state index in [1.807, 2.05) is 0 Å². The first kappa shape index (κ1) is 23.4. The summed E-state index contributed by atoms with van der Waals surface area (Å²) in [6, 6.07) is 18.3. The van der Waals surface area contributed by atoms with Crippen molar-refractivity contribution in [1.82, 2.24) is 0 Å². The van der Waals surface area contributed by atoms with E-state index >= 15 is 0 Å². The van der Waals surface area contributed by atoms with Crippen LogP contribution in [-0.4, -0.2) is 24.8 Å². The van der Waals surface area contributed by atoms with Gasteiger partial charge in [0.05, 0.1) is 12.8 Å². The first-order chi connectivity index (χ1) is 16.3. The van der Waals surface area contributed by atoms with Crippen LogP contribution in [0.1, 0.15) is 15.9 Å². The van der Waals surface area contributed by atoms with Crippen LogP contribution < -0.4 is 20.3 Å². The zero-order valence-corrected chi connectivity index (χ0v) is 19.7. The van der Waals surface area contributed by atoms with Crippen molar-refractivity contribution >= 4 is 58.0 Å². The minimum atomic E-state index is -0.664. The van der Waals surface area contributed by atoms with Crippen LogP contribution in [0.25, 0.3) is 0 Å². The van der Waals surface area contributed by atoms with Gasteiger partial charge in [-0.15, -0.1) is 0 Å². The highest BCUT2D eigenvalue weighted by molar-refractivity contribution is 6.53. The van der Waals surface area contributed by atoms with Crippen LogP contribution in [0.4, 0.5) is 17.1 Å². The highest BCUT2D eigenvalue weighted by Gasteiger charge is 2.39. The fraction of sp³-hybridized carbons (Fsp3) is 0.0800. The second kappa shape index (κ2) is 9.59. The van der Waals surface area contributed by atoms with Gasteiger partial charge >= 0.3 is 0 Å². The molecule has 4 rings (SSSR count). The molecule has 3 amide bonds. The molecular formula is C25H19Cl2N3O4. The maximum atomic E-state index is 13.0. The topological polar surface area (TPSA) is 87.7 Å². The molecule has 1 aliphatic heterocycles. The Morgan fingerprint density at radius 1 is 0.941 bits per heavy atom. The Kier molecular flexibility index (Phi) is 6.58. The van der Waals surface area contributed by atoms with E-state index < -0.39 is 11.8 Å². The van der Waals surface area contributed by atoms with Gasteiger partial charge in [0, 0.05) is 22.0 Å². The Labute approximate surface area is 205 Å². The number of ether oxygens (including phenoxy) is 1. The number of amides is 3. The number of nitrogens with zero attached hydrogens (tertiary/aromatic N) is 1. The van der Waals surface area contributed by atoms with E-state index in [-0.39, 0.29) is 16.6 Å². The zero-order valence-electron chi connectivity index (χ0n) is 18.2. The van der Waals surface area contributed by atoms with Gasteiger partial charge in [0.25, 0.3) is 17.7 Å². The van der Waals surface area contributed by atoms with E-state index in [4.69, 9.17) is 27.9 Å². The van der Waals surface area contributed by atoms with Gasteiger partial charge in [0.2, 0.25) is 0 Å². The molecule has 1 aliphatic rings. The molecule has 0 saturated carbocycles. The van der Waals surface area contributed by atoms with E-state index in [9.17, 15) is 14.4 Å². The lowest BCUT2D eigenvalue weighted by atomic mass is 10.1. The molecule has 7 nitrogen and oxygen atoms in total. The molecule has 0 aromatic heterocycles. The number of aryl methyl sites for hydroxylation is 1. The molecule has 0 aliphatic carbocycles. The van der Waals surface area contributed by atoms with Gasteiger partial charge in [0.15, 0.2) is 0 Å². The minimum absolute atomic E-state index is 0.0811. The van der Waals surface area contributed by atoms with Gasteiger partial charge in [-0.25, -0.2) is 4.90 Å². The summed E-state index contributed by atoms with van der Waals surface area (Å²) in [4.78, 5) is 39.4. The average Bonchev–Trinajstić information content (AvgIpc) is 3.03. The molecule has 0 radical (unpaired) electrons. The van der Waals surface area contributed by atoms with Crippen molar-refractivity contribution in [3.63, 3.8) is 0 Å². The van der Waals surface area contributed by atoms with Gasteiger partial charge in [0.1, 0.15) is 16.5 Å². The molecule has 0 saturated heterocycles. The Morgan fingerprint density at radius 2 is 1.68 bits per heavy atom. The molecule has 0 atom stereocenters. The minimum Gasteiger partial charge on any atom is -0.497 e. The smallest absolute Gasteiger partial charge is 0.283 e. The van der Waals surface area contributed by atoms with Crippen molar-refractivity contribution in [2.45, 2.75) is 6.92 Å². The predicted octanol–water partition coefficient (Wildman–Crippen LogP) is 5.35. The van der Waals surface area contributed by atoms with Crippen LogP contribution in [0.5, 0.6) is 5.75 Å². The molecule has 34 heavy (non-hydrogen) atoms. The Morgan fingerprint density at radius 3 is 2.35 bits per heavy atom. The molecule has 9 heteroatoms. The predicted molar refractivity (Wildman–Crippen MR) is 133 cm³/mol. The molecule has 0 unspecified atom stereocenters. The third-order valence-corrected chi connectivity index (χ3v) is 5.79. The monoisotopic (exact) mass is 495 g/mol. The number of carbonyl (C=O) groups is 3. The number of methoxy groups -OCH3 is 1. The summed E-state index contributed by atoms with van der Waals surface area (Å²) in [7, 11) is 1.56. The van der Waals surface area contributed by atoms with Crippen LogP contribution in [0, 0.1) is 6.92 Å². The van der Waals surface area contributed by atoms with Crippen molar-refractivity contribution in [1.29, 1.82) is 0 Å². The number of rotatable bonds is 6. The lowest BCUT2D eigenvalue weighted by molar-refractivity contribution is -0.120. The summed E-state index contributed by atoms with van der Waals surface area (Å²) >= 11 is 12.2. The van der Waals surface area contributed by atoms with Gasteiger partial charge in [-0.1, -0.05) is 35.3 Å². The molecule has 172 valence electrons. The van der Waals surface area contributed by atoms with Crippen molar-refractivity contribution < 1.29 is 19.1 Å². The zero-order chi connectivity index (χ0) is 24.4. The van der Waals surface area contributed by atoms with Crippen LogP contribution in [0.2, 0.25) is 5.02 Å². The number of nitrogens with one attached hydrogen (secondary N) is 2. The van der Waals surface area contributed by atoms with Gasteiger partial charge < -0.3 is 15.4 Å². The standard InChI is InChI=1S/C25H19Cl2N3O4/c1-14-6-7-15(23(31)28-17-8-10-19(34-2)11-9-17)12-20(14)29-22-21(27)24(32)30(25(22)33)18-5-3-4-16(26)13-18/h3-13,29H,1-2H3,(H,28,31). The molecule has 2 N–H and O–H groups in total. The number of benzene rings is 3. The number of carbonyl (C=O) groups excluding carboxylic acids is 3. The summed E-state index contributed by atoms with van der Waals surface area (Å²) in [5.41, 5.74) is 2.39. The summed E-state index contributed by atoms with van der Waals surface area (Å²) in [5.74, 6) is -0.956. The third kappa shape index (κ3) is 4.62. The Balaban J connectivity index is 1.56. The maximum Gasteiger partial charge on any atom is 0.283 e. The number of imide groups is 1. The van der Waals surface area contributed by atoms with E-state index in [2.05, 4.69) is 10.6 Å². The normalized spacial score (nSPS) is 13.4. The number of hydrogen-bond donors (Lipinski definition) is 2. The Bertz CT molecular complexity index is 1340. The van der Waals surface area contributed by atoms with Gasteiger partial charge in [-0.3, -0.25) is 14.4 Å². The maximum absolute atomic E-state index is 13.0. The summed E-state index contributed by atoms with van der Waals surface area (Å²) < 4.78 is 5.12. The van der Waals surface area contributed by atoms with Crippen LogP contribution in [0.3, 0.4) is 0 Å². The molecule has 0 fully saturated rings. The molecule has 0 bridgehead atoms. The van der Waals surface area contributed by atoms with Crippen molar-refractivity contribution in [3.8, 4) is 5.75 Å². The van der Waals surface area contributed by atoms with E-state index in [0.717, 1.165) is 10.5 Å². The summed E-state index contributed by atoms with van der Waals surface area (Å²) in [6.07, 6.45) is 0. The van der Waals surface area contributed by atoms with Crippen LogP contribution in [-0.2, 0) is 9.59 Å². The average molecular weight is 496 g/mol. The van der Waals surface area contributed by atoms with Gasteiger partial charge in [-0.05, 0) is 67.1 Å². The highest BCUT2D eigenvalue weighted by Crippen LogP contribution is 2.32. The lowest BCUT2D eigenvalue weighted by Gasteiger charge is -2.16. The molecule has 1 heterocycles. The van der Waals surface area contributed by atoms with Crippen LogP contribution in [0.15, 0.2) is 77.5 Å². The van der Waals surface area contributed by atoms with E-state index in [1.54, 1.807) is 74.7 Å². The van der Waals surface area contributed by atoms with Crippen LogP contribution >= 0.6 is 23.2 Å². The van der Waals surface area contributed by atoms with E-state index in [1.165, 1.54) is 6.07 Å². The quantitative estimate of drug-likeness (QED) is 0.450. The highest BCUT2D eigenvalue weighted by atomic mass is 35.5. The van der Waals surface area contributed by atoms with Gasteiger partial charge in [-0.2, -0.15) is 0 Å². The van der Waals surface area contributed by atoms with Crippen molar-refractivity contribution in [3.05, 3.63) is 93.6 Å². The summed E-state index contributed by atoms with van der Waals surface area (Å²) in [6.45, 7) is 1.80. The first-order valence-corrected chi connectivity index (χ1v) is 10.9. The third-order valence-electron chi connectivity index (χ3n) is 5.20. The summed E-state index contributed by atoms with van der Waals surface area (Å²) in [5, 5.41) is 5.86. The second-order valence-electron chi connectivity index (χ2n) is 7.45. The molecular weight excluding hydrogens is 477 g/mol.